The zero-order valence-corrected chi connectivity index (χ0v) is 8.91. The summed E-state index contributed by atoms with van der Waals surface area (Å²) in [6.45, 7) is 0. The van der Waals surface area contributed by atoms with Crippen molar-refractivity contribution >= 4 is 11.8 Å². The van der Waals surface area contributed by atoms with Crippen LogP contribution in [0.25, 0.3) is 0 Å². The number of aliphatic hydroxyl groups is 1. The molecule has 76 valence electrons. The Bertz CT molecular complexity index is 278. The largest absolute Gasteiger partial charge is 0.392 e. The molecule has 1 aliphatic carbocycles. The summed E-state index contributed by atoms with van der Waals surface area (Å²) in [5, 5.41) is 11.2. The highest BCUT2D eigenvalue weighted by molar-refractivity contribution is 7.99. The maximum atomic E-state index is 9.78. The van der Waals surface area contributed by atoms with E-state index in [0.29, 0.717) is 5.25 Å². The summed E-state index contributed by atoms with van der Waals surface area (Å²) < 4.78 is 0. The van der Waals surface area contributed by atoms with Crippen LogP contribution in [0.2, 0.25) is 0 Å². The molecule has 2 unspecified atom stereocenters. The summed E-state index contributed by atoms with van der Waals surface area (Å²) in [5.41, 5.74) is 0. The number of thioether (sulfide) groups is 1. The fourth-order valence-corrected chi connectivity index (χ4v) is 2.95. The summed E-state index contributed by atoms with van der Waals surface area (Å²) in [6.07, 6.45) is 6.13. The van der Waals surface area contributed by atoms with Crippen molar-refractivity contribution in [2.75, 3.05) is 0 Å². The molecule has 0 saturated heterocycles. The molecule has 2 nitrogen and oxygen atoms in total. The second-order valence-electron chi connectivity index (χ2n) is 3.68. The van der Waals surface area contributed by atoms with Gasteiger partial charge in [0.25, 0.3) is 0 Å². The van der Waals surface area contributed by atoms with Crippen LogP contribution in [0.4, 0.5) is 0 Å². The summed E-state index contributed by atoms with van der Waals surface area (Å²) in [6, 6.07) is 5.91. The Kier molecular flexibility index (Phi) is 3.43. The first-order chi connectivity index (χ1) is 6.86. The zero-order chi connectivity index (χ0) is 9.80. The summed E-state index contributed by atoms with van der Waals surface area (Å²) >= 11 is 1.71. The van der Waals surface area contributed by atoms with Gasteiger partial charge in [-0.2, -0.15) is 0 Å². The summed E-state index contributed by atoms with van der Waals surface area (Å²) in [4.78, 5) is 4.26. The molecule has 1 aromatic heterocycles. The van der Waals surface area contributed by atoms with Crippen LogP contribution in [-0.4, -0.2) is 21.4 Å². The van der Waals surface area contributed by atoms with Gasteiger partial charge < -0.3 is 5.11 Å². The molecule has 1 heterocycles. The molecule has 2 rings (SSSR count). The van der Waals surface area contributed by atoms with Crippen molar-refractivity contribution < 1.29 is 5.11 Å². The van der Waals surface area contributed by atoms with E-state index in [2.05, 4.69) is 4.98 Å². The average molecular weight is 209 g/mol. The molecular weight excluding hydrogens is 194 g/mol. The third-order valence-electron chi connectivity index (χ3n) is 2.58. The SMILES string of the molecule is OC1CCCCC1Sc1ccccn1. The van der Waals surface area contributed by atoms with E-state index >= 15 is 0 Å². The van der Waals surface area contributed by atoms with Crippen LogP contribution in [0.1, 0.15) is 25.7 Å². The molecule has 1 fully saturated rings. The predicted molar refractivity (Wildman–Crippen MR) is 58.4 cm³/mol. The summed E-state index contributed by atoms with van der Waals surface area (Å²) in [7, 11) is 0. The molecule has 14 heavy (non-hydrogen) atoms. The number of hydrogen-bond acceptors (Lipinski definition) is 3. The molecule has 3 heteroatoms. The van der Waals surface area contributed by atoms with Gasteiger partial charge in [-0.15, -0.1) is 11.8 Å². The highest BCUT2D eigenvalue weighted by Crippen LogP contribution is 2.32. The van der Waals surface area contributed by atoms with Crippen molar-refractivity contribution in [2.45, 2.75) is 42.1 Å². The van der Waals surface area contributed by atoms with Gasteiger partial charge in [-0.1, -0.05) is 18.9 Å². The van der Waals surface area contributed by atoms with Gasteiger partial charge in [-0.25, -0.2) is 4.98 Å². The van der Waals surface area contributed by atoms with Crippen molar-refractivity contribution in [2.24, 2.45) is 0 Å². The molecule has 1 aromatic rings. The maximum Gasteiger partial charge on any atom is 0.0963 e. The Balaban J connectivity index is 1.96. The number of hydrogen-bond donors (Lipinski definition) is 1. The molecule has 0 bridgehead atoms. The third-order valence-corrected chi connectivity index (χ3v) is 3.91. The van der Waals surface area contributed by atoms with Gasteiger partial charge in [0.05, 0.1) is 11.1 Å². The minimum atomic E-state index is -0.143. The molecule has 0 amide bonds. The lowest BCUT2D eigenvalue weighted by Crippen LogP contribution is -2.26. The molecule has 1 N–H and O–H groups in total. The quantitative estimate of drug-likeness (QED) is 0.812. The Morgan fingerprint density at radius 2 is 2.14 bits per heavy atom. The lowest BCUT2D eigenvalue weighted by Gasteiger charge is -2.26. The Hall–Kier alpha value is -0.540. The zero-order valence-electron chi connectivity index (χ0n) is 8.10. The van der Waals surface area contributed by atoms with Crippen molar-refractivity contribution in [3.8, 4) is 0 Å². The fraction of sp³-hybridized carbons (Fsp3) is 0.545. The van der Waals surface area contributed by atoms with Crippen molar-refractivity contribution in [3.63, 3.8) is 0 Å². The van der Waals surface area contributed by atoms with Gasteiger partial charge >= 0.3 is 0 Å². The lowest BCUT2D eigenvalue weighted by atomic mass is 9.97. The van der Waals surface area contributed by atoms with E-state index in [1.165, 1.54) is 12.8 Å². The average Bonchev–Trinajstić information content (AvgIpc) is 2.23. The van der Waals surface area contributed by atoms with E-state index in [-0.39, 0.29) is 6.10 Å². The van der Waals surface area contributed by atoms with E-state index < -0.39 is 0 Å². The Morgan fingerprint density at radius 1 is 1.29 bits per heavy atom. The number of aliphatic hydroxyl groups excluding tert-OH is 1. The molecule has 1 saturated carbocycles. The van der Waals surface area contributed by atoms with Crippen LogP contribution in [0.15, 0.2) is 29.4 Å². The Labute approximate surface area is 88.8 Å². The molecule has 0 aromatic carbocycles. The van der Waals surface area contributed by atoms with Crippen LogP contribution in [0.3, 0.4) is 0 Å². The van der Waals surface area contributed by atoms with Gasteiger partial charge in [0.1, 0.15) is 0 Å². The van der Waals surface area contributed by atoms with Crippen molar-refractivity contribution in [3.05, 3.63) is 24.4 Å². The Morgan fingerprint density at radius 3 is 2.86 bits per heavy atom. The monoisotopic (exact) mass is 209 g/mol. The number of aromatic nitrogens is 1. The number of pyridine rings is 1. The lowest BCUT2D eigenvalue weighted by molar-refractivity contribution is 0.137. The highest BCUT2D eigenvalue weighted by atomic mass is 32.2. The third kappa shape index (κ3) is 2.49. The van der Waals surface area contributed by atoms with Crippen molar-refractivity contribution in [1.29, 1.82) is 0 Å². The van der Waals surface area contributed by atoms with Crippen LogP contribution in [0.5, 0.6) is 0 Å². The van der Waals surface area contributed by atoms with E-state index in [1.807, 2.05) is 18.2 Å². The first kappa shape index (κ1) is 9.99. The van der Waals surface area contributed by atoms with Gasteiger partial charge in [0, 0.05) is 11.4 Å². The van der Waals surface area contributed by atoms with Gasteiger partial charge in [-0.05, 0) is 25.0 Å². The van der Waals surface area contributed by atoms with Crippen LogP contribution in [0, 0.1) is 0 Å². The first-order valence-electron chi connectivity index (χ1n) is 5.12. The molecule has 2 atom stereocenters. The standard InChI is InChI=1S/C11H15NOS/c13-9-5-1-2-6-10(9)14-11-7-3-4-8-12-11/h3-4,7-10,13H,1-2,5-6H2. The number of nitrogens with zero attached hydrogens (tertiary/aromatic N) is 1. The molecule has 0 aliphatic heterocycles. The molecular formula is C11H15NOS. The number of rotatable bonds is 2. The van der Waals surface area contributed by atoms with Crippen LogP contribution < -0.4 is 0 Å². The minimum absolute atomic E-state index is 0.143. The molecule has 0 radical (unpaired) electrons. The molecule has 1 aliphatic rings. The predicted octanol–water partition coefficient (Wildman–Crippen LogP) is 2.48. The fourth-order valence-electron chi connectivity index (χ4n) is 1.79. The minimum Gasteiger partial charge on any atom is -0.392 e. The van der Waals surface area contributed by atoms with E-state index in [0.717, 1.165) is 17.9 Å². The summed E-state index contributed by atoms with van der Waals surface area (Å²) in [5.74, 6) is 0. The van der Waals surface area contributed by atoms with Crippen LogP contribution in [-0.2, 0) is 0 Å². The van der Waals surface area contributed by atoms with Gasteiger partial charge in [0.15, 0.2) is 0 Å². The second-order valence-corrected chi connectivity index (χ2v) is 4.94. The normalized spacial score (nSPS) is 27.5. The van der Waals surface area contributed by atoms with Gasteiger partial charge in [0.2, 0.25) is 0 Å². The topological polar surface area (TPSA) is 33.1 Å². The highest BCUT2D eigenvalue weighted by Gasteiger charge is 2.23. The van der Waals surface area contributed by atoms with E-state index in [1.54, 1.807) is 18.0 Å². The van der Waals surface area contributed by atoms with Crippen LogP contribution >= 0.6 is 11.8 Å². The van der Waals surface area contributed by atoms with E-state index in [9.17, 15) is 5.11 Å². The van der Waals surface area contributed by atoms with Gasteiger partial charge in [-0.3, -0.25) is 0 Å². The first-order valence-corrected chi connectivity index (χ1v) is 6.00. The maximum absolute atomic E-state index is 9.78. The smallest absolute Gasteiger partial charge is 0.0963 e. The second kappa shape index (κ2) is 4.80. The van der Waals surface area contributed by atoms with E-state index in [4.69, 9.17) is 0 Å². The molecule has 0 spiro atoms. The van der Waals surface area contributed by atoms with Crippen molar-refractivity contribution in [1.82, 2.24) is 4.98 Å².